The molecule has 0 spiro atoms. The fourth-order valence-electron chi connectivity index (χ4n) is 3.06. The van der Waals surface area contributed by atoms with E-state index in [9.17, 15) is 18.0 Å². The van der Waals surface area contributed by atoms with Crippen LogP contribution in [0.2, 0.25) is 0 Å². The summed E-state index contributed by atoms with van der Waals surface area (Å²) in [5.41, 5.74) is 0.840. The van der Waals surface area contributed by atoms with Gasteiger partial charge in [-0.25, -0.2) is 4.79 Å². The van der Waals surface area contributed by atoms with Crippen molar-refractivity contribution >= 4 is 23.1 Å². The lowest BCUT2D eigenvalue weighted by molar-refractivity contribution is -0.136. The number of hydrogen-bond acceptors (Lipinski definition) is 2. The largest absolute Gasteiger partial charge is 0.418 e. The number of aryl methyl sites for hydroxylation is 1. The van der Waals surface area contributed by atoms with E-state index in [2.05, 4.69) is 10.6 Å². The molecule has 4 nitrogen and oxygen atoms in total. The van der Waals surface area contributed by atoms with E-state index in [1.165, 1.54) is 18.2 Å². The minimum absolute atomic E-state index is 0.274. The van der Waals surface area contributed by atoms with Gasteiger partial charge in [-0.1, -0.05) is 12.1 Å². The van der Waals surface area contributed by atoms with E-state index in [0.717, 1.165) is 27.1 Å². The molecule has 3 aromatic rings. The highest BCUT2D eigenvalue weighted by molar-refractivity contribution is 7.14. The van der Waals surface area contributed by atoms with Crippen molar-refractivity contribution < 1.29 is 18.0 Å². The molecular formula is C20H20F3N3OS. The predicted molar refractivity (Wildman–Crippen MR) is 105 cm³/mol. The van der Waals surface area contributed by atoms with Crippen LogP contribution in [0.15, 0.2) is 48.8 Å². The maximum atomic E-state index is 13.1. The molecule has 0 aliphatic heterocycles. The summed E-state index contributed by atoms with van der Waals surface area (Å²) < 4.78 is 41.3. The van der Waals surface area contributed by atoms with Crippen molar-refractivity contribution in [2.75, 3.05) is 5.32 Å². The minimum Gasteiger partial charge on any atom is -0.331 e. The number of rotatable bonds is 4. The summed E-state index contributed by atoms with van der Waals surface area (Å²) in [5, 5.41) is 6.06. The normalized spacial score (nSPS) is 12.6. The van der Waals surface area contributed by atoms with Crippen molar-refractivity contribution in [2.24, 2.45) is 0 Å². The van der Waals surface area contributed by atoms with E-state index >= 15 is 0 Å². The maximum Gasteiger partial charge on any atom is 0.418 e. The molecule has 0 fully saturated rings. The lowest BCUT2D eigenvalue weighted by Gasteiger charge is -2.19. The van der Waals surface area contributed by atoms with Crippen LogP contribution in [0.5, 0.6) is 0 Å². The predicted octanol–water partition coefficient (Wildman–Crippen LogP) is 6.06. The van der Waals surface area contributed by atoms with Gasteiger partial charge in [-0.05, 0) is 50.6 Å². The van der Waals surface area contributed by atoms with Gasteiger partial charge in [-0.2, -0.15) is 13.2 Å². The standard InChI is InChI=1S/C20H20F3N3OS/c1-12-14(3)28-18(26-10-6-7-11-26)17(12)13(2)24-19(27)25-16-9-5-4-8-15(16)20(21,22)23/h4-11,13H,1-3H3,(H2,24,25,27). The number of para-hydroxylation sites is 1. The molecule has 0 radical (unpaired) electrons. The highest BCUT2D eigenvalue weighted by Crippen LogP contribution is 2.36. The van der Waals surface area contributed by atoms with Crippen LogP contribution in [-0.2, 0) is 6.18 Å². The molecule has 8 heteroatoms. The van der Waals surface area contributed by atoms with Crippen molar-refractivity contribution in [3.63, 3.8) is 0 Å². The van der Waals surface area contributed by atoms with Gasteiger partial charge in [-0.3, -0.25) is 0 Å². The molecule has 1 atom stereocenters. The Morgan fingerprint density at radius 1 is 1.11 bits per heavy atom. The molecule has 2 aromatic heterocycles. The molecule has 28 heavy (non-hydrogen) atoms. The van der Waals surface area contributed by atoms with Gasteiger partial charge in [0.25, 0.3) is 0 Å². The van der Waals surface area contributed by atoms with E-state index in [1.54, 1.807) is 11.3 Å². The van der Waals surface area contributed by atoms with Crippen molar-refractivity contribution in [1.82, 2.24) is 9.88 Å². The van der Waals surface area contributed by atoms with Crippen LogP contribution < -0.4 is 10.6 Å². The zero-order valence-electron chi connectivity index (χ0n) is 15.6. The number of anilines is 1. The van der Waals surface area contributed by atoms with Crippen LogP contribution in [0.1, 0.15) is 34.5 Å². The van der Waals surface area contributed by atoms with Gasteiger partial charge in [-0.15, -0.1) is 11.3 Å². The lowest BCUT2D eigenvalue weighted by atomic mass is 10.1. The number of hydrogen-bond donors (Lipinski definition) is 2. The second-order valence-corrected chi connectivity index (χ2v) is 7.66. The van der Waals surface area contributed by atoms with Gasteiger partial charge >= 0.3 is 12.2 Å². The molecule has 0 saturated heterocycles. The summed E-state index contributed by atoms with van der Waals surface area (Å²) in [6.07, 6.45) is -0.709. The summed E-state index contributed by atoms with van der Waals surface area (Å²) in [4.78, 5) is 13.5. The number of halogens is 3. The maximum absolute atomic E-state index is 13.1. The van der Waals surface area contributed by atoms with Crippen LogP contribution in [0.25, 0.3) is 5.00 Å². The molecule has 2 N–H and O–H groups in total. The number of urea groups is 1. The topological polar surface area (TPSA) is 46.1 Å². The van der Waals surface area contributed by atoms with Crippen molar-refractivity contribution in [2.45, 2.75) is 33.0 Å². The molecule has 0 saturated carbocycles. The Kier molecular flexibility index (Phi) is 5.51. The summed E-state index contributed by atoms with van der Waals surface area (Å²) in [5.74, 6) is 0. The molecule has 1 aromatic carbocycles. The summed E-state index contributed by atoms with van der Waals surface area (Å²) >= 11 is 1.61. The fourth-order valence-corrected chi connectivity index (χ4v) is 4.28. The molecule has 148 valence electrons. The zero-order chi connectivity index (χ0) is 20.5. The second kappa shape index (κ2) is 7.71. The monoisotopic (exact) mass is 407 g/mol. The summed E-state index contributed by atoms with van der Waals surface area (Å²) in [7, 11) is 0. The first-order valence-electron chi connectivity index (χ1n) is 8.65. The average molecular weight is 407 g/mol. The van der Waals surface area contributed by atoms with Gasteiger partial charge in [0, 0.05) is 22.8 Å². The van der Waals surface area contributed by atoms with E-state index in [-0.39, 0.29) is 11.7 Å². The first-order valence-corrected chi connectivity index (χ1v) is 9.47. The van der Waals surface area contributed by atoms with E-state index in [0.29, 0.717) is 0 Å². The Balaban J connectivity index is 1.82. The third-order valence-corrected chi connectivity index (χ3v) is 5.75. The molecule has 2 amide bonds. The van der Waals surface area contributed by atoms with Crippen molar-refractivity contribution in [1.29, 1.82) is 0 Å². The third kappa shape index (κ3) is 4.06. The highest BCUT2D eigenvalue weighted by atomic mass is 32.1. The van der Waals surface area contributed by atoms with Gasteiger partial charge in [0.15, 0.2) is 0 Å². The SMILES string of the molecule is Cc1sc(-n2cccc2)c(C(C)NC(=O)Nc2ccccc2C(F)(F)F)c1C. The van der Waals surface area contributed by atoms with E-state index in [1.807, 2.05) is 49.9 Å². The Hall–Kier alpha value is -2.74. The molecular weight excluding hydrogens is 387 g/mol. The van der Waals surface area contributed by atoms with Gasteiger partial charge in [0.05, 0.1) is 17.3 Å². The summed E-state index contributed by atoms with van der Waals surface area (Å²) in [6.45, 7) is 5.79. The number of nitrogens with one attached hydrogen (secondary N) is 2. The van der Waals surface area contributed by atoms with Crippen LogP contribution in [0, 0.1) is 13.8 Å². The van der Waals surface area contributed by atoms with Crippen LogP contribution in [0.3, 0.4) is 0 Å². The minimum atomic E-state index is -4.54. The second-order valence-electron chi connectivity index (χ2n) is 6.46. The summed E-state index contributed by atoms with van der Waals surface area (Å²) in [6, 6.07) is 7.65. The van der Waals surface area contributed by atoms with Crippen molar-refractivity contribution in [3.05, 3.63) is 70.4 Å². The number of amides is 2. The number of aromatic nitrogens is 1. The smallest absolute Gasteiger partial charge is 0.331 e. The number of nitrogens with zero attached hydrogens (tertiary/aromatic N) is 1. The first kappa shape index (κ1) is 20.0. The Morgan fingerprint density at radius 3 is 2.39 bits per heavy atom. The van der Waals surface area contributed by atoms with Crippen molar-refractivity contribution in [3.8, 4) is 5.00 Å². The molecule has 2 heterocycles. The Morgan fingerprint density at radius 2 is 1.75 bits per heavy atom. The fraction of sp³-hybridized carbons (Fsp3) is 0.250. The zero-order valence-corrected chi connectivity index (χ0v) is 16.4. The van der Waals surface area contributed by atoms with Gasteiger partial charge < -0.3 is 15.2 Å². The van der Waals surface area contributed by atoms with E-state index < -0.39 is 17.8 Å². The van der Waals surface area contributed by atoms with E-state index in [4.69, 9.17) is 0 Å². The molecule has 0 aliphatic rings. The Labute approximate surface area is 165 Å². The molecule has 3 rings (SSSR count). The lowest BCUT2D eigenvalue weighted by Crippen LogP contribution is -2.32. The van der Waals surface area contributed by atoms with Crippen LogP contribution >= 0.6 is 11.3 Å². The quantitative estimate of drug-likeness (QED) is 0.543. The van der Waals surface area contributed by atoms with Gasteiger partial charge in [0.1, 0.15) is 5.00 Å². The third-order valence-electron chi connectivity index (χ3n) is 4.51. The molecule has 0 bridgehead atoms. The Bertz CT molecular complexity index is 977. The van der Waals surface area contributed by atoms with Crippen LogP contribution in [0.4, 0.5) is 23.7 Å². The molecule has 1 unspecified atom stereocenters. The number of carbonyl (C=O) groups is 1. The number of benzene rings is 1. The number of thiophene rings is 1. The number of carbonyl (C=O) groups excluding carboxylic acids is 1. The van der Waals surface area contributed by atoms with Crippen LogP contribution in [-0.4, -0.2) is 10.6 Å². The number of alkyl halides is 3. The molecule has 0 aliphatic carbocycles. The average Bonchev–Trinajstić information content (AvgIpc) is 3.23. The van der Waals surface area contributed by atoms with Gasteiger partial charge in [0.2, 0.25) is 0 Å². The first-order chi connectivity index (χ1) is 13.2. The highest BCUT2D eigenvalue weighted by Gasteiger charge is 2.33.